The number of nitrogens with two attached hydrogens (primary N) is 2. The molecule has 7 heterocycles. The minimum Gasteiger partial charge on any atom is -0.481 e. The first kappa shape index (κ1) is 81.9. The molecule has 0 aromatic carbocycles. The van der Waals surface area contributed by atoms with Crippen LogP contribution in [-0.2, 0) is 47.9 Å². The van der Waals surface area contributed by atoms with Crippen molar-refractivity contribution >= 4 is 94.8 Å². The van der Waals surface area contributed by atoms with Crippen molar-refractivity contribution in [2.75, 3.05) is 133 Å². The number of carbonyl (C=O) groups excluding carboxylic acids is 9. The summed E-state index contributed by atoms with van der Waals surface area (Å²) >= 11 is 1.91. The Hall–Kier alpha value is -7.35. The topological polar surface area (TPSA) is 405 Å². The highest BCUT2D eigenvalue weighted by Gasteiger charge is 2.45. The molecule has 6 aliphatic rings. The van der Waals surface area contributed by atoms with Crippen LogP contribution >= 0.6 is 11.8 Å². The SMILES string of the molecule is CN1C(=O)CN([C@@H](CCCCN)C(=O)NCCCCCCCCCCC(=O)N2CCN(c3nc(NCCCC[C@@H]4SC[C@@H]5NC(=O)N[C@@H]54)nc(N4CCN(C(=O)CCCCCCCCCCNC(=O)[C@H](CCCCN)N5CC(=O)N(C)[C@@H](CCC(=O)O)C5=O)CC4)n3)CC2)C(=O)[C@@H]1CCC(=O)O. The highest BCUT2D eigenvalue weighted by atomic mass is 32.2. The maximum absolute atomic E-state index is 13.5. The number of carbonyl (C=O) groups is 11. The molecule has 572 valence electrons. The number of aromatic nitrogens is 3. The molecule has 7 rings (SSSR count). The number of piperazine rings is 4. The Labute approximate surface area is 606 Å². The van der Waals surface area contributed by atoms with Crippen molar-refractivity contribution in [1.29, 1.82) is 0 Å². The van der Waals surface area contributed by atoms with Gasteiger partial charge in [0, 0.05) is 123 Å². The zero-order valence-corrected chi connectivity index (χ0v) is 61.5. The van der Waals surface area contributed by atoms with Crippen LogP contribution < -0.4 is 47.9 Å². The number of nitrogens with zero attached hydrogens (tertiary/aromatic N) is 11. The maximum atomic E-state index is 13.5. The first-order valence-corrected chi connectivity index (χ1v) is 39.1. The average Bonchev–Trinajstić information content (AvgIpc) is 1.06. The number of rotatable bonds is 48. The average molecular weight is 1450 g/mol. The van der Waals surface area contributed by atoms with Crippen molar-refractivity contribution in [3.05, 3.63) is 0 Å². The number of unbranched alkanes of at least 4 members (excludes halogenated alkanes) is 17. The van der Waals surface area contributed by atoms with Gasteiger partial charge in [-0.2, -0.15) is 26.7 Å². The van der Waals surface area contributed by atoms with Crippen LogP contribution in [0.4, 0.5) is 22.6 Å². The van der Waals surface area contributed by atoms with Crippen LogP contribution in [0.5, 0.6) is 0 Å². The molecule has 10 amide bonds. The number of nitrogens with one attached hydrogen (secondary N) is 5. The van der Waals surface area contributed by atoms with Gasteiger partial charge in [-0.3, -0.25) is 47.9 Å². The van der Waals surface area contributed by atoms with E-state index in [4.69, 9.17) is 26.4 Å². The molecule has 0 bridgehead atoms. The highest BCUT2D eigenvalue weighted by Crippen LogP contribution is 2.33. The van der Waals surface area contributed by atoms with Crippen LogP contribution in [0, 0.1) is 0 Å². The van der Waals surface area contributed by atoms with Crippen LogP contribution in [0.2, 0.25) is 0 Å². The quantitative estimate of drug-likeness (QED) is 0.0334. The smallest absolute Gasteiger partial charge is 0.315 e. The molecule has 7 atom stereocenters. The van der Waals surface area contributed by atoms with E-state index in [0.29, 0.717) is 160 Å². The summed E-state index contributed by atoms with van der Waals surface area (Å²) in [5, 5.41) is 34.4. The number of carboxylic acids is 2. The Morgan fingerprint density at radius 1 is 0.500 bits per heavy atom. The summed E-state index contributed by atoms with van der Waals surface area (Å²) in [6.45, 7) is 6.47. The number of carboxylic acid groups (broad SMARTS) is 2. The number of fused-ring (bicyclic) bond motifs is 1. The molecule has 32 heteroatoms. The second-order valence-electron chi connectivity index (χ2n) is 28.2. The first-order valence-electron chi connectivity index (χ1n) is 38.0. The summed E-state index contributed by atoms with van der Waals surface area (Å²) in [4.78, 5) is 169. The van der Waals surface area contributed by atoms with Gasteiger partial charge in [0.25, 0.3) is 0 Å². The summed E-state index contributed by atoms with van der Waals surface area (Å²) < 4.78 is 0. The van der Waals surface area contributed by atoms with Crippen molar-refractivity contribution < 1.29 is 63.0 Å². The second-order valence-corrected chi connectivity index (χ2v) is 29.5. The van der Waals surface area contributed by atoms with E-state index in [9.17, 15) is 63.0 Å². The lowest BCUT2D eigenvalue weighted by molar-refractivity contribution is -0.159. The van der Waals surface area contributed by atoms with Gasteiger partial charge in [0.2, 0.25) is 65.1 Å². The first-order chi connectivity index (χ1) is 49.3. The van der Waals surface area contributed by atoms with Crippen molar-refractivity contribution in [3.8, 4) is 0 Å². The number of aliphatic carboxylic acids is 2. The van der Waals surface area contributed by atoms with E-state index in [1.165, 1.54) is 33.7 Å². The molecule has 6 fully saturated rings. The predicted molar refractivity (Wildman–Crippen MR) is 388 cm³/mol. The van der Waals surface area contributed by atoms with Crippen LogP contribution in [-0.4, -0.2) is 279 Å². The Bertz CT molecular complexity index is 2740. The number of urea groups is 1. The monoisotopic (exact) mass is 1450 g/mol. The lowest BCUT2D eigenvalue weighted by Gasteiger charge is -2.41. The number of hydrogen-bond acceptors (Lipinski definition) is 20. The minimum absolute atomic E-state index is 0.0242. The molecular weight excluding hydrogens is 1330 g/mol. The standard InChI is InChI=1S/C70H118N18O13S/c1-81-53(30-32-60(93)94)65(99)87(47-58(81)91)51(25-17-20-34-71)63(97)73-36-22-13-9-5-3-7-11-15-28-56(89)83-39-43-85(44-40-83)68-78-67(75-38-24-19-27-55-62-50(49-102-55)76-70(101)77-62)79-69(80-68)86-45-41-84(42-46-86)57(90)29-16-12-8-4-6-10-14-23-37-74-64(98)52(26-18-21-35-72)88-48-59(92)82(2)54(66(88)100)31-33-61(95)96/h50-55,62H,3-49,71-72H2,1-2H3,(H,73,97)(H,74,98)(H,93,94)(H,95,96)(H2,76,77,101)(H,75,78,79,80)/t50-,51-,52-,53-,54-,55-,62-/m0/s1. The molecule has 6 aliphatic heterocycles. The molecule has 0 radical (unpaired) electrons. The molecule has 1 aromatic heterocycles. The Morgan fingerprint density at radius 2 is 0.912 bits per heavy atom. The molecule has 6 saturated heterocycles. The Balaban J connectivity index is 0.773. The fourth-order valence-corrected chi connectivity index (χ4v) is 16.0. The number of amides is 10. The van der Waals surface area contributed by atoms with Crippen molar-refractivity contribution in [1.82, 2.24) is 65.6 Å². The van der Waals surface area contributed by atoms with Gasteiger partial charge in [-0.15, -0.1) is 0 Å². The molecule has 0 saturated carbocycles. The largest absolute Gasteiger partial charge is 0.481 e. The summed E-state index contributed by atoms with van der Waals surface area (Å²) in [7, 11) is 2.99. The zero-order valence-electron chi connectivity index (χ0n) is 60.6. The van der Waals surface area contributed by atoms with Crippen LogP contribution in [0.3, 0.4) is 0 Å². The van der Waals surface area contributed by atoms with E-state index in [1.807, 2.05) is 21.6 Å². The lowest BCUT2D eigenvalue weighted by Crippen LogP contribution is -2.63. The van der Waals surface area contributed by atoms with Crippen molar-refractivity contribution in [2.45, 2.75) is 241 Å². The van der Waals surface area contributed by atoms with Crippen LogP contribution in [0.1, 0.15) is 199 Å². The van der Waals surface area contributed by atoms with Gasteiger partial charge in [0.05, 0.1) is 12.1 Å². The van der Waals surface area contributed by atoms with E-state index < -0.39 is 47.9 Å². The Kier molecular flexibility index (Phi) is 35.1. The van der Waals surface area contributed by atoms with E-state index in [2.05, 4.69) is 36.4 Å². The lowest BCUT2D eigenvalue weighted by atomic mass is 10.0. The normalized spacial score (nSPS) is 20.7. The van der Waals surface area contributed by atoms with E-state index in [-0.39, 0.29) is 92.3 Å². The third-order valence-corrected chi connectivity index (χ3v) is 22.3. The maximum Gasteiger partial charge on any atom is 0.315 e. The second kappa shape index (κ2) is 43.7. The zero-order chi connectivity index (χ0) is 73.3. The number of hydrogen-bond donors (Lipinski definition) is 9. The van der Waals surface area contributed by atoms with E-state index in [1.54, 1.807) is 0 Å². The highest BCUT2D eigenvalue weighted by molar-refractivity contribution is 8.00. The number of anilines is 3. The van der Waals surface area contributed by atoms with Crippen molar-refractivity contribution in [2.24, 2.45) is 11.5 Å². The number of likely N-dealkylation sites (N-methyl/N-ethyl adjacent to an activating group) is 2. The fraction of sp³-hybridized carbons (Fsp3) is 0.800. The summed E-state index contributed by atoms with van der Waals surface area (Å²) in [6.07, 6.45) is 21.6. The van der Waals surface area contributed by atoms with Gasteiger partial charge in [0.1, 0.15) is 37.3 Å². The molecule has 0 aliphatic carbocycles. The van der Waals surface area contributed by atoms with Crippen molar-refractivity contribution in [3.63, 3.8) is 0 Å². The molecule has 0 unspecified atom stereocenters. The van der Waals surface area contributed by atoms with Gasteiger partial charge in [-0.05, 0) is 103 Å². The molecule has 11 N–H and O–H groups in total. The van der Waals surface area contributed by atoms with Crippen LogP contribution in [0.25, 0.3) is 0 Å². The Morgan fingerprint density at radius 3 is 1.33 bits per heavy atom. The number of thioether (sulfide) groups is 1. The van der Waals surface area contributed by atoms with Gasteiger partial charge >= 0.3 is 18.0 Å². The summed E-state index contributed by atoms with van der Waals surface area (Å²) in [5.74, 6) is -1.43. The van der Waals surface area contributed by atoms with Gasteiger partial charge in [-0.1, -0.05) is 83.5 Å². The predicted octanol–water partition coefficient (Wildman–Crippen LogP) is 3.23. The van der Waals surface area contributed by atoms with Crippen LogP contribution in [0.15, 0.2) is 0 Å². The molecular formula is C70H118N18O13S. The summed E-state index contributed by atoms with van der Waals surface area (Å²) in [5.41, 5.74) is 11.4. The van der Waals surface area contributed by atoms with E-state index in [0.717, 1.165) is 128 Å². The fourth-order valence-electron chi connectivity index (χ4n) is 14.5. The van der Waals surface area contributed by atoms with E-state index >= 15 is 0 Å². The third-order valence-electron chi connectivity index (χ3n) is 20.8. The third kappa shape index (κ3) is 25.8. The molecule has 102 heavy (non-hydrogen) atoms. The molecule has 31 nitrogen and oxygen atoms in total. The minimum atomic E-state index is -1.06. The van der Waals surface area contributed by atoms with Gasteiger partial charge in [0.15, 0.2) is 0 Å². The van der Waals surface area contributed by atoms with Gasteiger partial charge < -0.3 is 87.5 Å². The van der Waals surface area contributed by atoms with Gasteiger partial charge in [-0.25, -0.2) is 4.79 Å². The molecule has 1 aromatic rings. The summed E-state index contributed by atoms with van der Waals surface area (Å²) in [6, 6.07) is -3.28. The molecule has 0 spiro atoms.